The van der Waals surface area contributed by atoms with E-state index >= 15 is 0 Å². The molecule has 4 aromatic heterocycles. The van der Waals surface area contributed by atoms with Crippen molar-refractivity contribution in [3.63, 3.8) is 0 Å². The normalized spacial score (nSPS) is 15.1. The van der Waals surface area contributed by atoms with E-state index in [-0.39, 0.29) is 17.2 Å². The molecule has 0 aromatic carbocycles. The van der Waals surface area contributed by atoms with E-state index in [1.54, 1.807) is 36.7 Å². The molecule has 0 spiro atoms. The van der Waals surface area contributed by atoms with Crippen molar-refractivity contribution in [2.75, 3.05) is 18.0 Å². The van der Waals surface area contributed by atoms with Crippen LogP contribution in [0.25, 0.3) is 16.6 Å². The number of aromatic hydroxyl groups is 1. The molecule has 2 N–H and O–H groups in total. The smallest absolute Gasteiger partial charge is 0.270 e. The summed E-state index contributed by atoms with van der Waals surface area (Å²) in [5, 5.41) is 26.8. The Labute approximate surface area is 196 Å². The van der Waals surface area contributed by atoms with E-state index in [1.165, 1.54) is 16.9 Å². The van der Waals surface area contributed by atoms with Crippen molar-refractivity contribution in [1.29, 1.82) is 5.26 Å². The number of nitrogens with zero attached hydrogens (tertiary/aromatic N) is 6. The molecule has 0 radical (unpaired) electrons. The molecule has 1 aliphatic heterocycles. The van der Waals surface area contributed by atoms with E-state index < -0.39 is 0 Å². The lowest BCUT2D eigenvalue weighted by Crippen LogP contribution is -2.53. The van der Waals surface area contributed by atoms with Crippen LogP contribution >= 0.6 is 0 Å². The minimum absolute atomic E-state index is 0.0576. The Morgan fingerprint density at radius 2 is 2.00 bits per heavy atom. The molecule has 1 amide bonds. The number of nitrogens with one attached hydrogen (secondary N) is 1. The summed E-state index contributed by atoms with van der Waals surface area (Å²) in [6, 6.07) is 12.9. The number of pyridine rings is 3. The lowest BCUT2D eigenvalue weighted by Gasteiger charge is -2.40. The van der Waals surface area contributed by atoms with Gasteiger partial charge in [0.25, 0.3) is 5.91 Å². The molecule has 5 rings (SSSR count). The maximum atomic E-state index is 12.5. The minimum Gasteiger partial charge on any atom is -0.506 e. The van der Waals surface area contributed by atoms with E-state index in [0.717, 1.165) is 37.3 Å². The number of nitriles is 1. The van der Waals surface area contributed by atoms with Gasteiger partial charge in [-0.05, 0) is 50.1 Å². The van der Waals surface area contributed by atoms with Crippen molar-refractivity contribution >= 4 is 17.2 Å². The second kappa shape index (κ2) is 8.48. The summed E-state index contributed by atoms with van der Waals surface area (Å²) in [7, 11) is 0. The monoisotopic (exact) mass is 453 g/mol. The number of hydrogen-bond donors (Lipinski definition) is 2. The van der Waals surface area contributed by atoms with Gasteiger partial charge in [0.05, 0.1) is 23.5 Å². The maximum absolute atomic E-state index is 12.5. The van der Waals surface area contributed by atoms with Crippen LogP contribution in [0, 0.1) is 11.3 Å². The van der Waals surface area contributed by atoms with Crippen LogP contribution in [0.1, 0.15) is 35.8 Å². The van der Waals surface area contributed by atoms with Gasteiger partial charge in [-0.15, -0.1) is 0 Å². The molecule has 34 heavy (non-hydrogen) atoms. The summed E-state index contributed by atoms with van der Waals surface area (Å²) < 4.78 is 1.50. The SMILES string of the molecule is CC1(NC(=O)c2ccccn2)CCN(c2ccc(-c3cc(O)cn4ncc(C#N)c34)cn2)CC1. The number of rotatable bonds is 4. The molecule has 0 atom stereocenters. The molecule has 0 saturated carbocycles. The first-order valence-corrected chi connectivity index (χ1v) is 11.0. The molecule has 0 aliphatic carbocycles. The molecule has 9 nitrogen and oxygen atoms in total. The second-order valence-electron chi connectivity index (χ2n) is 8.70. The Bertz CT molecular complexity index is 1380. The van der Waals surface area contributed by atoms with Gasteiger partial charge in [-0.1, -0.05) is 6.07 Å². The number of amides is 1. The zero-order valence-electron chi connectivity index (χ0n) is 18.6. The van der Waals surface area contributed by atoms with E-state index in [1.807, 2.05) is 12.1 Å². The largest absolute Gasteiger partial charge is 0.506 e. The van der Waals surface area contributed by atoms with Crippen LogP contribution in [-0.4, -0.2) is 49.2 Å². The molecule has 1 fully saturated rings. The standard InChI is InChI=1S/C25H23N7O2/c1-25(30-24(34)21-4-2-3-9-27-21)7-10-31(11-8-25)22-6-5-17(14-28-22)20-12-19(33)16-32-23(20)18(13-26)15-29-32/h2-6,9,12,14-16,33H,7-8,10-11H2,1H3,(H,30,34). The Balaban J connectivity index is 1.30. The quantitative estimate of drug-likeness (QED) is 0.487. The average molecular weight is 454 g/mol. The first kappa shape index (κ1) is 21.4. The minimum atomic E-state index is -0.312. The lowest BCUT2D eigenvalue weighted by molar-refractivity contribution is 0.0886. The number of hydrogen-bond acceptors (Lipinski definition) is 7. The van der Waals surface area contributed by atoms with Gasteiger partial charge in [0, 0.05) is 42.1 Å². The number of carbonyl (C=O) groups is 1. The molecule has 4 aromatic rings. The predicted molar refractivity (Wildman–Crippen MR) is 126 cm³/mol. The van der Waals surface area contributed by atoms with Gasteiger partial charge < -0.3 is 15.3 Å². The van der Waals surface area contributed by atoms with Crippen molar-refractivity contribution in [3.05, 3.63) is 72.4 Å². The summed E-state index contributed by atoms with van der Waals surface area (Å²) >= 11 is 0. The van der Waals surface area contributed by atoms with Crippen LogP contribution in [-0.2, 0) is 0 Å². The molecule has 0 unspecified atom stereocenters. The van der Waals surface area contributed by atoms with Gasteiger partial charge >= 0.3 is 0 Å². The molecule has 170 valence electrons. The highest BCUT2D eigenvalue weighted by Gasteiger charge is 2.32. The van der Waals surface area contributed by atoms with Crippen LogP contribution < -0.4 is 10.2 Å². The second-order valence-corrected chi connectivity index (χ2v) is 8.70. The van der Waals surface area contributed by atoms with Crippen LogP contribution in [0.2, 0.25) is 0 Å². The molecule has 1 aliphatic rings. The number of anilines is 1. The number of fused-ring (bicyclic) bond motifs is 1. The fourth-order valence-electron chi connectivity index (χ4n) is 4.33. The molecule has 5 heterocycles. The van der Waals surface area contributed by atoms with Gasteiger partial charge in [-0.2, -0.15) is 10.4 Å². The summed E-state index contributed by atoms with van der Waals surface area (Å²) in [5.74, 6) is 0.738. The first-order chi connectivity index (χ1) is 16.5. The van der Waals surface area contributed by atoms with E-state index in [4.69, 9.17) is 0 Å². The third-order valence-electron chi connectivity index (χ3n) is 6.28. The van der Waals surface area contributed by atoms with Crippen molar-refractivity contribution in [3.8, 4) is 22.9 Å². The summed E-state index contributed by atoms with van der Waals surface area (Å²) in [5.41, 5.74) is 2.65. The fourth-order valence-corrected chi connectivity index (χ4v) is 4.33. The molecule has 0 bridgehead atoms. The third kappa shape index (κ3) is 4.01. The Morgan fingerprint density at radius 3 is 2.68 bits per heavy atom. The van der Waals surface area contributed by atoms with Gasteiger partial charge in [0.2, 0.25) is 0 Å². The zero-order valence-corrected chi connectivity index (χ0v) is 18.6. The molecule has 1 saturated heterocycles. The van der Waals surface area contributed by atoms with Crippen molar-refractivity contribution in [2.24, 2.45) is 0 Å². The van der Waals surface area contributed by atoms with Crippen LogP contribution in [0.5, 0.6) is 5.75 Å². The number of piperidine rings is 1. The summed E-state index contributed by atoms with van der Waals surface area (Å²) in [6.07, 6.45) is 7.88. The maximum Gasteiger partial charge on any atom is 0.270 e. The highest BCUT2D eigenvalue weighted by molar-refractivity contribution is 5.92. The van der Waals surface area contributed by atoms with E-state index in [9.17, 15) is 15.2 Å². The summed E-state index contributed by atoms with van der Waals surface area (Å²) in [4.78, 5) is 23.5. The fraction of sp³-hybridized carbons (Fsp3) is 0.240. The Morgan fingerprint density at radius 1 is 1.18 bits per heavy atom. The number of carbonyl (C=O) groups excluding carboxylic acids is 1. The Kier molecular flexibility index (Phi) is 5.34. The molecular formula is C25H23N7O2. The Hall–Kier alpha value is -4.45. The van der Waals surface area contributed by atoms with Crippen molar-refractivity contribution in [1.82, 2.24) is 24.9 Å². The number of aromatic nitrogens is 4. The summed E-state index contributed by atoms with van der Waals surface area (Å²) in [6.45, 7) is 3.57. The van der Waals surface area contributed by atoms with E-state index in [2.05, 4.69) is 38.3 Å². The van der Waals surface area contributed by atoms with Gasteiger partial charge in [-0.25, -0.2) is 9.50 Å². The van der Waals surface area contributed by atoms with E-state index in [0.29, 0.717) is 22.3 Å². The van der Waals surface area contributed by atoms with Crippen LogP contribution in [0.4, 0.5) is 5.82 Å². The zero-order chi connectivity index (χ0) is 23.7. The van der Waals surface area contributed by atoms with Crippen LogP contribution in [0.3, 0.4) is 0 Å². The van der Waals surface area contributed by atoms with Crippen LogP contribution in [0.15, 0.2) is 61.2 Å². The van der Waals surface area contributed by atoms with Gasteiger partial charge in [-0.3, -0.25) is 9.78 Å². The molecular weight excluding hydrogens is 430 g/mol. The first-order valence-electron chi connectivity index (χ1n) is 11.0. The third-order valence-corrected chi connectivity index (χ3v) is 6.28. The van der Waals surface area contributed by atoms with Gasteiger partial charge in [0.15, 0.2) is 0 Å². The highest BCUT2D eigenvalue weighted by Crippen LogP contribution is 2.31. The average Bonchev–Trinajstić information content (AvgIpc) is 3.27. The topological polar surface area (TPSA) is 119 Å². The lowest BCUT2D eigenvalue weighted by atomic mass is 9.89. The predicted octanol–water partition coefficient (Wildman–Crippen LogP) is 3.16. The highest BCUT2D eigenvalue weighted by atomic mass is 16.3. The molecule has 9 heteroatoms. The van der Waals surface area contributed by atoms with Crippen molar-refractivity contribution < 1.29 is 9.90 Å². The van der Waals surface area contributed by atoms with Gasteiger partial charge in [0.1, 0.15) is 23.3 Å². The van der Waals surface area contributed by atoms with Crippen molar-refractivity contribution in [2.45, 2.75) is 25.3 Å².